The topological polar surface area (TPSA) is 46.6 Å². The van der Waals surface area contributed by atoms with Gasteiger partial charge in [0.15, 0.2) is 0 Å². The van der Waals surface area contributed by atoms with Crippen LogP contribution in [-0.2, 0) is 9.53 Å². The summed E-state index contributed by atoms with van der Waals surface area (Å²) in [4.78, 5) is 25.3. The van der Waals surface area contributed by atoms with Gasteiger partial charge in [0.2, 0.25) is 0 Å². The number of hydrogen-bond acceptors (Lipinski definition) is 3. The highest BCUT2D eigenvalue weighted by molar-refractivity contribution is 5.75. The molecule has 0 bridgehead atoms. The van der Waals surface area contributed by atoms with E-state index < -0.39 is 23.6 Å². The van der Waals surface area contributed by atoms with Crippen molar-refractivity contribution in [1.29, 1.82) is 0 Å². The molecule has 1 aromatic carbocycles. The van der Waals surface area contributed by atoms with E-state index in [-0.39, 0.29) is 6.04 Å². The number of carbonyl (C=O) groups is 2. The van der Waals surface area contributed by atoms with E-state index in [0.717, 1.165) is 12.8 Å². The van der Waals surface area contributed by atoms with E-state index in [1.807, 2.05) is 0 Å². The van der Waals surface area contributed by atoms with Crippen molar-refractivity contribution in [2.45, 2.75) is 51.3 Å². The quantitative estimate of drug-likeness (QED) is 0.799. The van der Waals surface area contributed by atoms with Crippen LogP contribution < -0.4 is 0 Å². The summed E-state index contributed by atoms with van der Waals surface area (Å²) in [6.45, 7) is 5.32. The van der Waals surface area contributed by atoms with Gasteiger partial charge in [-0.15, -0.1) is 0 Å². The largest absolute Gasteiger partial charge is 0.444 e. The Hall–Kier alpha value is -1.91. The van der Waals surface area contributed by atoms with Crippen molar-refractivity contribution < 1.29 is 18.7 Å². The summed E-state index contributed by atoms with van der Waals surface area (Å²) in [6, 6.07) is 4.92. The zero-order chi connectivity index (χ0) is 15.6. The number of amides is 1. The van der Waals surface area contributed by atoms with Crippen molar-refractivity contribution >= 4 is 12.4 Å². The van der Waals surface area contributed by atoms with Crippen LogP contribution in [0.2, 0.25) is 0 Å². The highest BCUT2D eigenvalue weighted by Gasteiger charge is 2.40. The molecule has 0 aliphatic heterocycles. The molecular weight excluding hydrogens is 273 g/mol. The fourth-order valence-corrected chi connectivity index (χ4v) is 2.15. The number of carbonyl (C=O) groups excluding carboxylic acids is 2. The van der Waals surface area contributed by atoms with E-state index in [1.165, 1.54) is 23.1 Å². The molecule has 114 valence electrons. The number of benzene rings is 1. The van der Waals surface area contributed by atoms with Gasteiger partial charge in [0, 0.05) is 6.04 Å². The Labute approximate surface area is 123 Å². The second-order valence-electron chi connectivity index (χ2n) is 6.25. The Morgan fingerprint density at radius 1 is 1.43 bits per heavy atom. The van der Waals surface area contributed by atoms with Crippen molar-refractivity contribution in [3.8, 4) is 0 Å². The molecule has 0 saturated heterocycles. The zero-order valence-electron chi connectivity index (χ0n) is 12.5. The van der Waals surface area contributed by atoms with Crippen molar-refractivity contribution in [2.24, 2.45) is 0 Å². The minimum Gasteiger partial charge on any atom is -0.444 e. The van der Waals surface area contributed by atoms with Gasteiger partial charge in [0.05, 0.1) is 0 Å². The number of ether oxygens (including phenoxy) is 1. The van der Waals surface area contributed by atoms with Crippen molar-refractivity contribution in [3.05, 3.63) is 35.6 Å². The van der Waals surface area contributed by atoms with Gasteiger partial charge in [-0.25, -0.2) is 9.18 Å². The third-order valence-electron chi connectivity index (χ3n) is 3.16. The first kappa shape index (κ1) is 15.5. The predicted molar refractivity (Wildman–Crippen MR) is 76.3 cm³/mol. The third-order valence-corrected chi connectivity index (χ3v) is 3.16. The van der Waals surface area contributed by atoms with Crippen LogP contribution in [0.4, 0.5) is 9.18 Å². The van der Waals surface area contributed by atoms with E-state index >= 15 is 0 Å². The number of hydrogen-bond donors (Lipinski definition) is 0. The molecule has 0 aromatic heterocycles. The first-order chi connectivity index (χ1) is 9.81. The lowest BCUT2D eigenvalue weighted by Crippen LogP contribution is -2.41. The average molecular weight is 293 g/mol. The van der Waals surface area contributed by atoms with Crippen LogP contribution in [0.5, 0.6) is 0 Å². The normalized spacial score (nSPS) is 16.2. The van der Waals surface area contributed by atoms with Gasteiger partial charge < -0.3 is 9.53 Å². The molecule has 5 heteroatoms. The molecule has 1 aliphatic carbocycles. The summed E-state index contributed by atoms with van der Waals surface area (Å²) in [5, 5.41) is 0. The third kappa shape index (κ3) is 4.03. The fraction of sp³-hybridized carbons (Fsp3) is 0.500. The second kappa shape index (κ2) is 5.84. The molecule has 1 fully saturated rings. The van der Waals surface area contributed by atoms with E-state index in [2.05, 4.69) is 0 Å². The monoisotopic (exact) mass is 293 g/mol. The number of nitrogens with zero attached hydrogens (tertiary/aromatic N) is 1. The van der Waals surface area contributed by atoms with Gasteiger partial charge in [-0.2, -0.15) is 0 Å². The Balaban J connectivity index is 2.27. The van der Waals surface area contributed by atoms with Crippen LogP contribution in [0.1, 0.15) is 45.2 Å². The molecule has 0 radical (unpaired) electrons. The molecule has 1 amide bonds. The van der Waals surface area contributed by atoms with Crippen LogP contribution in [0.25, 0.3) is 0 Å². The molecule has 4 nitrogen and oxygen atoms in total. The van der Waals surface area contributed by atoms with Crippen LogP contribution >= 0.6 is 0 Å². The number of halogens is 1. The Bertz CT molecular complexity index is 535. The molecular formula is C16H20FNO3. The Morgan fingerprint density at radius 3 is 2.57 bits per heavy atom. The van der Waals surface area contributed by atoms with Crippen molar-refractivity contribution in [1.82, 2.24) is 4.90 Å². The van der Waals surface area contributed by atoms with Gasteiger partial charge in [-0.05, 0) is 51.3 Å². The summed E-state index contributed by atoms with van der Waals surface area (Å²) in [5.41, 5.74) is -0.178. The molecule has 0 heterocycles. The zero-order valence-corrected chi connectivity index (χ0v) is 12.5. The van der Waals surface area contributed by atoms with Crippen LogP contribution in [0, 0.1) is 5.82 Å². The van der Waals surface area contributed by atoms with Gasteiger partial charge in [0.25, 0.3) is 0 Å². The molecule has 2 rings (SSSR count). The maximum Gasteiger partial charge on any atom is 0.411 e. The lowest BCUT2D eigenvalue weighted by atomic mass is 10.1. The smallest absolute Gasteiger partial charge is 0.411 e. The molecule has 21 heavy (non-hydrogen) atoms. The van der Waals surface area contributed by atoms with E-state index in [1.54, 1.807) is 26.8 Å². The molecule has 1 saturated carbocycles. The predicted octanol–water partition coefficient (Wildman–Crippen LogP) is 3.47. The van der Waals surface area contributed by atoms with E-state index in [9.17, 15) is 14.0 Å². The Morgan fingerprint density at radius 2 is 2.10 bits per heavy atom. The van der Waals surface area contributed by atoms with Gasteiger partial charge in [-0.1, -0.05) is 12.1 Å². The van der Waals surface area contributed by atoms with Gasteiger partial charge in [-0.3, -0.25) is 4.90 Å². The summed E-state index contributed by atoms with van der Waals surface area (Å²) in [5.74, 6) is -0.431. The highest BCUT2D eigenvalue weighted by atomic mass is 19.1. The van der Waals surface area contributed by atoms with Crippen LogP contribution in [-0.4, -0.2) is 28.9 Å². The molecule has 1 atom stereocenters. The standard InChI is InChI=1S/C16H20FNO3/c1-16(2,3)21-15(20)18(13-7-8-13)14(10-19)11-5-4-6-12(17)9-11/h4-6,9-10,13-14H,7-8H2,1-3H3. The summed E-state index contributed by atoms with van der Waals surface area (Å²) < 4.78 is 18.7. The Kier molecular flexibility index (Phi) is 4.30. The summed E-state index contributed by atoms with van der Waals surface area (Å²) >= 11 is 0. The fourth-order valence-electron chi connectivity index (χ4n) is 2.15. The minimum atomic E-state index is -0.817. The van der Waals surface area contributed by atoms with Crippen molar-refractivity contribution in [2.75, 3.05) is 0 Å². The van der Waals surface area contributed by atoms with Crippen LogP contribution in [0.3, 0.4) is 0 Å². The lowest BCUT2D eigenvalue weighted by Gasteiger charge is -2.31. The summed E-state index contributed by atoms with van der Waals surface area (Å²) in [6.07, 6.45) is 1.79. The average Bonchev–Trinajstić information content (AvgIpc) is 3.17. The molecule has 1 aromatic rings. The molecule has 0 N–H and O–H groups in total. The van der Waals surface area contributed by atoms with Crippen molar-refractivity contribution in [3.63, 3.8) is 0 Å². The molecule has 1 unspecified atom stereocenters. The number of aldehydes is 1. The molecule has 0 spiro atoms. The minimum absolute atomic E-state index is 0.0154. The highest BCUT2D eigenvalue weighted by Crippen LogP contribution is 2.35. The van der Waals surface area contributed by atoms with Crippen LogP contribution in [0.15, 0.2) is 24.3 Å². The second-order valence-corrected chi connectivity index (χ2v) is 6.25. The summed E-state index contributed by atoms with van der Waals surface area (Å²) in [7, 11) is 0. The van der Waals surface area contributed by atoms with E-state index in [4.69, 9.17) is 4.74 Å². The number of rotatable bonds is 4. The van der Waals surface area contributed by atoms with Gasteiger partial charge in [0.1, 0.15) is 23.7 Å². The van der Waals surface area contributed by atoms with Gasteiger partial charge >= 0.3 is 6.09 Å². The lowest BCUT2D eigenvalue weighted by molar-refractivity contribution is -0.113. The SMILES string of the molecule is CC(C)(C)OC(=O)N(C1CC1)C(C=O)c1cccc(F)c1. The first-order valence-corrected chi connectivity index (χ1v) is 7.04. The molecule has 1 aliphatic rings. The van der Waals surface area contributed by atoms with E-state index in [0.29, 0.717) is 11.8 Å². The maximum atomic E-state index is 13.4. The maximum absolute atomic E-state index is 13.4. The first-order valence-electron chi connectivity index (χ1n) is 7.04.